The van der Waals surface area contributed by atoms with Crippen LogP contribution in [-0.2, 0) is 41.7 Å². The third kappa shape index (κ3) is 12.3. The standard InChI is InChI=1S/C29H40N4O7/c1-29(2,3)40-33-26(35)17-23(31-25(34)15-14-20-10-7-6-8-11-20)28(37)32-24(19-38-4)27(36)30-18-21-12-9-13-22(16-21)39-5/h6-13,16,23-24H,14-15,17-19H2,1-5H3,(H,30,36)(H,31,34)(H,32,37)(H,33,35). The fourth-order valence-corrected chi connectivity index (χ4v) is 3.53. The van der Waals surface area contributed by atoms with E-state index in [0.717, 1.165) is 11.1 Å². The van der Waals surface area contributed by atoms with Crippen LogP contribution in [0.25, 0.3) is 0 Å². The topological polar surface area (TPSA) is 144 Å². The van der Waals surface area contributed by atoms with Crippen LogP contribution in [0.4, 0.5) is 0 Å². The highest BCUT2D eigenvalue weighted by molar-refractivity contribution is 5.94. The van der Waals surface area contributed by atoms with Crippen LogP contribution in [0.1, 0.15) is 44.7 Å². The molecule has 0 aliphatic carbocycles. The molecule has 0 radical (unpaired) electrons. The van der Waals surface area contributed by atoms with Gasteiger partial charge in [0.1, 0.15) is 17.8 Å². The lowest BCUT2D eigenvalue weighted by atomic mass is 10.1. The molecule has 0 saturated heterocycles. The Morgan fingerprint density at radius 3 is 2.17 bits per heavy atom. The zero-order valence-electron chi connectivity index (χ0n) is 23.7. The summed E-state index contributed by atoms with van der Waals surface area (Å²) in [5.74, 6) is -1.58. The number of nitrogens with one attached hydrogen (secondary N) is 4. The molecule has 0 saturated carbocycles. The molecule has 2 atom stereocenters. The Balaban J connectivity index is 2.07. The summed E-state index contributed by atoms with van der Waals surface area (Å²) in [5.41, 5.74) is 3.41. The maximum atomic E-state index is 13.2. The fraction of sp³-hybridized carbons (Fsp3) is 0.448. The normalized spacial score (nSPS) is 12.5. The van der Waals surface area contributed by atoms with E-state index in [-0.39, 0.29) is 19.6 Å². The lowest BCUT2D eigenvalue weighted by molar-refractivity contribution is -0.147. The van der Waals surface area contributed by atoms with Gasteiger partial charge in [0.05, 0.1) is 25.7 Å². The quantitative estimate of drug-likeness (QED) is 0.245. The molecule has 2 aromatic rings. The Morgan fingerprint density at radius 2 is 1.52 bits per heavy atom. The summed E-state index contributed by atoms with van der Waals surface area (Å²) in [6.07, 6.45) is 0.167. The van der Waals surface area contributed by atoms with Gasteiger partial charge in [0, 0.05) is 20.1 Å². The summed E-state index contributed by atoms with van der Waals surface area (Å²) in [7, 11) is 2.95. The Kier molecular flexibility index (Phi) is 13.1. The van der Waals surface area contributed by atoms with Gasteiger partial charge in [-0.2, -0.15) is 0 Å². The van der Waals surface area contributed by atoms with Gasteiger partial charge in [0.2, 0.25) is 23.6 Å². The lowest BCUT2D eigenvalue weighted by Crippen LogP contribution is -2.56. The van der Waals surface area contributed by atoms with Gasteiger partial charge in [-0.05, 0) is 50.5 Å². The number of amides is 4. The van der Waals surface area contributed by atoms with Crippen molar-refractivity contribution in [2.24, 2.45) is 0 Å². The molecule has 0 aliphatic heterocycles. The van der Waals surface area contributed by atoms with E-state index in [1.807, 2.05) is 36.4 Å². The molecule has 11 nitrogen and oxygen atoms in total. The van der Waals surface area contributed by atoms with Crippen LogP contribution in [0, 0.1) is 0 Å². The second-order valence-electron chi connectivity index (χ2n) is 10.1. The second-order valence-corrected chi connectivity index (χ2v) is 10.1. The summed E-state index contributed by atoms with van der Waals surface area (Å²) in [6.45, 7) is 5.33. The first-order chi connectivity index (χ1) is 19.0. The van der Waals surface area contributed by atoms with Crippen molar-refractivity contribution in [1.29, 1.82) is 0 Å². The van der Waals surface area contributed by atoms with Gasteiger partial charge in [-0.1, -0.05) is 42.5 Å². The van der Waals surface area contributed by atoms with Gasteiger partial charge < -0.3 is 25.4 Å². The third-order valence-corrected chi connectivity index (χ3v) is 5.56. The molecule has 11 heteroatoms. The summed E-state index contributed by atoms with van der Waals surface area (Å²) in [4.78, 5) is 56.7. The molecule has 0 bridgehead atoms. The van der Waals surface area contributed by atoms with Gasteiger partial charge >= 0.3 is 0 Å². The molecule has 40 heavy (non-hydrogen) atoms. The highest BCUT2D eigenvalue weighted by Gasteiger charge is 2.29. The number of benzene rings is 2. The molecule has 4 N–H and O–H groups in total. The number of hydroxylamine groups is 1. The molecule has 2 rings (SSSR count). The van der Waals surface area contributed by atoms with E-state index in [9.17, 15) is 19.2 Å². The van der Waals surface area contributed by atoms with E-state index < -0.39 is 47.7 Å². The Bertz CT molecular complexity index is 1120. The molecule has 0 heterocycles. The number of aryl methyl sites for hydroxylation is 1. The highest BCUT2D eigenvalue weighted by Crippen LogP contribution is 2.12. The lowest BCUT2D eigenvalue weighted by Gasteiger charge is -2.24. The third-order valence-electron chi connectivity index (χ3n) is 5.56. The van der Waals surface area contributed by atoms with Crippen LogP contribution < -0.4 is 26.2 Å². The summed E-state index contributed by atoms with van der Waals surface area (Å²) >= 11 is 0. The molecule has 0 spiro atoms. The van der Waals surface area contributed by atoms with E-state index in [1.165, 1.54) is 7.11 Å². The van der Waals surface area contributed by atoms with Crippen molar-refractivity contribution >= 4 is 23.6 Å². The molecular weight excluding hydrogens is 516 g/mol. The van der Waals surface area contributed by atoms with E-state index in [4.69, 9.17) is 14.3 Å². The van der Waals surface area contributed by atoms with Crippen molar-refractivity contribution < 1.29 is 33.5 Å². The second kappa shape index (κ2) is 16.2. The van der Waals surface area contributed by atoms with Gasteiger partial charge in [-0.3, -0.25) is 24.0 Å². The molecule has 0 aliphatic rings. The average molecular weight is 557 g/mol. The smallest absolute Gasteiger partial charge is 0.246 e. The number of carbonyl (C=O) groups is 4. The number of hydrogen-bond acceptors (Lipinski definition) is 7. The van der Waals surface area contributed by atoms with Crippen molar-refractivity contribution in [3.05, 3.63) is 65.7 Å². The first-order valence-corrected chi connectivity index (χ1v) is 13.0. The minimum absolute atomic E-state index is 0.108. The maximum absolute atomic E-state index is 13.2. The molecule has 218 valence electrons. The molecule has 0 aromatic heterocycles. The monoisotopic (exact) mass is 556 g/mol. The molecule has 2 aromatic carbocycles. The number of ether oxygens (including phenoxy) is 2. The average Bonchev–Trinajstić information content (AvgIpc) is 2.93. The zero-order valence-corrected chi connectivity index (χ0v) is 23.7. The van der Waals surface area contributed by atoms with E-state index in [1.54, 1.807) is 46.1 Å². The number of methoxy groups -OCH3 is 2. The predicted octanol–water partition coefficient (Wildman–Crippen LogP) is 1.80. The van der Waals surface area contributed by atoms with Crippen molar-refractivity contribution in [2.45, 2.75) is 64.3 Å². The zero-order chi connectivity index (χ0) is 29.5. The number of carbonyl (C=O) groups excluding carboxylic acids is 4. The molecule has 2 unspecified atom stereocenters. The molecular formula is C29H40N4O7. The predicted molar refractivity (Wildman–Crippen MR) is 149 cm³/mol. The number of rotatable bonds is 15. The summed E-state index contributed by atoms with van der Waals surface area (Å²) in [5, 5.41) is 7.98. The van der Waals surface area contributed by atoms with Crippen LogP contribution in [-0.4, -0.2) is 62.1 Å². The van der Waals surface area contributed by atoms with Gasteiger partial charge in [0.25, 0.3) is 0 Å². The number of hydrogen-bond donors (Lipinski definition) is 4. The summed E-state index contributed by atoms with van der Waals surface area (Å²) in [6, 6.07) is 14.3. The Morgan fingerprint density at radius 1 is 0.825 bits per heavy atom. The van der Waals surface area contributed by atoms with Crippen LogP contribution in [0.3, 0.4) is 0 Å². The minimum Gasteiger partial charge on any atom is -0.497 e. The Labute approximate surface area is 235 Å². The van der Waals surface area contributed by atoms with Crippen molar-refractivity contribution in [3.63, 3.8) is 0 Å². The van der Waals surface area contributed by atoms with Crippen molar-refractivity contribution in [1.82, 2.24) is 21.4 Å². The maximum Gasteiger partial charge on any atom is 0.246 e. The fourth-order valence-electron chi connectivity index (χ4n) is 3.53. The van der Waals surface area contributed by atoms with Crippen LogP contribution >= 0.6 is 0 Å². The van der Waals surface area contributed by atoms with Gasteiger partial charge in [-0.25, -0.2) is 5.48 Å². The van der Waals surface area contributed by atoms with Crippen molar-refractivity contribution in [2.75, 3.05) is 20.8 Å². The first kappa shape index (κ1) is 32.3. The minimum atomic E-state index is -1.25. The first-order valence-electron chi connectivity index (χ1n) is 13.0. The van der Waals surface area contributed by atoms with Gasteiger partial charge in [-0.15, -0.1) is 0 Å². The van der Waals surface area contributed by atoms with E-state index >= 15 is 0 Å². The molecule has 0 fully saturated rings. The van der Waals surface area contributed by atoms with Crippen LogP contribution in [0.5, 0.6) is 5.75 Å². The highest BCUT2D eigenvalue weighted by atomic mass is 16.7. The van der Waals surface area contributed by atoms with E-state index in [0.29, 0.717) is 12.2 Å². The molecule has 4 amide bonds. The Hall–Kier alpha value is -3.96. The van der Waals surface area contributed by atoms with E-state index in [2.05, 4.69) is 21.4 Å². The SMILES string of the molecule is COCC(NC(=O)C(CC(=O)NOC(C)(C)C)NC(=O)CCc1ccccc1)C(=O)NCc1cccc(OC)c1. The van der Waals surface area contributed by atoms with Crippen molar-refractivity contribution in [3.8, 4) is 5.75 Å². The van der Waals surface area contributed by atoms with Crippen LogP contribution in [0.2, 0.25) is 0 Å². The van der Waals surface area contributed by atoms with Crippen LogP contribution in [0.15, 0.2) is 54.6 Å². The summed E-state index contributed by atoms with van der Waals surface area (Å²) < 4.78 is 10.3. The van der Waals surface area contributed by atoms with Gasteiger partial charge in [0.15, 0.2) is 0 Å². The largest absolute Gasteiger partial charge is 0.497 e.